The molecule has 0 bridgehead atoms. The molecule has 0 aliphatic carbocycles. The zero-order chi connectivity index (χ0) is 13.6. The van der Waals surface area contributed by atoms with Crippen molar-refractivity contribution in [1.29, 1.82) is 0 Å². The minimum atomic E-state index is -1.22. The summed E-state index contributed by atoms with van der Waals surface area (Å²) in [6, 6.07) is 10.1. The molecule has 1 unspecified atom stereocenters. The van der Waals surface area contributed by atoms with E-state index in [1.54, 1.807) is 0 Å². The molecule has 3 heteroatoms. The van der Waals surface area contributed by atoms with Crippen LogP contribution in [0.1, 0.15) is 31.2 Å². The van der Waals surface area contributed by atoms with Crippen molar-refractivity contribution >= 4 is 14.0 Å². The number of nitrogens with one attached hydrogen (secondary N) is 1. The lowest BCUT2D eigenvalue weighted by Gasteiger charge is -2.21. The number of carbonyl (C=O) groups is 1. The lowest BCUT2D eigenvalue weighted by atomic mass is 9.94. The third-order valence-corrected chi connectivity index (χ3v) is 4.13. The van der Waals surface area contributed by atoms with Crippen LogP contribution in [0.15, 0.2) is 30.3 Å². The maximum atomic E-state index is 12.3. The predicted octanol–water partition coefficient (Wildman–Crippen LogP) is 3.56. The molecule has 0 aliphatic heterocycles. The molecule has 0 fully saturated rings. The van der Waals surface area contributed by atoms with E-state index in [1.807, 2.05) is 18.2 Å². The van der Waals surface area contributed by atoms with Crippen molar-refractivity contribution in [2.24, 2.45) is 0 Å². The van der Waals surface area contributed by atoms with Crippen LogP contribution in [0.3, 0.4) is 0 Å². The first-order valence-electron chi connectivity index (χ1n) is 6.76. The molecule has 1 aromatic carbocycles. The fourth-order valence-corrected chi connectivity index (χ4v) is 2.60. The van der Waals surface area contributed by atoms with E-state index in [-0.39, 0.29) is 11.8 Å². The van der Waals surface area contributed by atoms with E-state index in [0.717, 1.165) is 24.6 Å². The summed E-state index contributed by atoms with van der Waals surface area (Å²) >= 11 is 0. The molecule has 1 amide bonds. The highest BCUT2D eigenvalue weighted by molar-refractivity contribution is 6.76. The monoisotopic (exact) mass is 263 g/mol. The van der Waals surface area contributed by atoms with Crippen LogP contribution in [0.4, 0.5) is 0 Å². The Labute approximate surface area is 112 Å². The second kappa shape index (κ2) is 6.74. The summed E-state index contributed by atoms with van der Waals surface area (Å²) in [5.74, 6) is 0.193. The Morgan fingerprint density at radius 2 is 1.83 bits per heavy atom. The van der Waals surface area contributed by atoms with E-state index in [4.69, 9.17) is 0 Å². The van der Waals surface area contributed by atoms with E-state index < -0.39 is 8.07 Å². The fourth-order valence-electron chi connectivity index (χ4n) is 1.90. The van der Waals surface area contributed by atoms with Crippen molar-refractivity contribution in [2.45, 2.75) is 45.3 Å². The van der Waals surface area contributed by atoms with Crippen molar-refractivity contribution in [2.75, 3.05) is 6.17 Å². The summed E-state index contributed by atoms with van der Waals surface area (Å²) in [4.78, 5) is 12.3. The SMILES string of the molecule is CCCC(C(=O)NC[Si](C)(C)C)c1ccccc1. The third kappa shape index (κ3) is 5.04. The highest BCUT2D eigenvalue weighted by Crippen LogP contribution is 2.21. The van der Waals surface area contributed by atoms with Gasteiger partial charge < -0.3 is 5.32 Å². The van der Waals surface area contributed by atoms with Gasteiger partial charge in [0.25, 0.3) is 0 Å². The second-order valence-electron chi connectivity index (χ2n) is 6.03. The minimum absolute atomic E-state index is 0.00699. The van der Waals surface area contributed by atoms with Gasteiger partial charge in [-0.15, -0.1) is 0 Å². The quantitative estimate of drug-likeness (QED) is 0.781. The van der Waals surface area contributed by atoms with Crippen molar-refractivity contribution in [3.05, 3.63) is 35.9 Å². The highest BCUT2D eigenvalue weighted by atomic mass is 28.3. The molecule has 2 nitrogen and oxygen atoms in total. The Bertz CT molecular complexity index is 370. The molecule has 0 saturated heterocycles. The zero-order valence-corrected chi connectivity index (χ0v) is 13.0. The van der Waals surface area contributed by atoms with Gasteiger partial charge in [0.15, 0.2) is 0 Å². The van der Waals surface area contributed by atoms with Crippen LogP contribution in [-0.2, 0) is 4.79 Å². The van der Waals surface area contributed by atoms with Gasteiger partial charge in [0.05, 0.1) is 14.0 Å². The van der Waals surface area contributed by atoms with Crippen LogP contribution >= 0.6 is 0 Å². The molecule has 0 heterocycles. The molecule has 0 saturated carbocycles. The van der Waals surface area contributed by atoms with Gasteiger partial charge in [-0.1, -0.05) is 63.3 Å². The lowest BCUT2D eigenvalue weighted by Crippen LogP contribution is -2.41. The van der Waals surface area contributed by atoms with Crippen LogP contribution in [0, 0.1) is 0 Å². The average Bonchev–Trinajstić information content (AvgIpc) is 2.33. The summed E-state index contributed by atoms with van der Waals surface area (Å²) < 4.78 is 0. The molecule has 0 radical (unpaired) electrons. The molecule has 18 heavy (non-hydrogen) atoms. The van der Waals surface area contributed by atoms with E-state index in [2.05, 4.69) is 44.0 Å². The normalized spacial score (nSPS) is 13.1. The summed E-state index contributed by atoms with van der Waals surface area (Å²) in [5, 5.41) is 3.13. The number of benzene rings is 1. The first-order valence-corrected chi connectivity index (χ1v) is 10.5. The second-order valence-corrected chi connectivity index (χ2v) is 11.5. The summed E-state index contributed by atoms with van der Waals surface area (Å²) in [6.07, 6.45) is 2.81. The molecular weight excluding hydrogens is 238 g/mol. The first-order chi connectivity index (χ1) is 8.44. The molecule has 1 aromatic rings. The smallest absolute Gasteiger partial charge is 0.227 e. The molecule has 1 atom stereocenters. The number of rotatable bonds is 6. The van der Waals surface area contributed by atoms with Gasteiger partial charge in [-0.3, -0.25) is 4.79 Å². The van der Waals surface area contributed by atoms with Gasteiger partial charge in [0, 0.05) is 6.17 Å². The van der Waals surface area contributed by atoms with Crippen molar-refractivity contribution in [3.8, 4) is 0 Å². The van der Waals surface area contributed by atoms with Gasteiger partial charge >= 0.3 is 0 Å². The van der Waals surface area contributed by atoms with Crippen LogP contribution in [0.2, 0.25) is 19.6 Å². The maximum Gasteiger partial charge on any atom is 0.227 e. The average molecular weight is 263 g/mol. The van der Waals surface area contributed by atoms with E-state index in [0.29, 0.717) is 0 Å². The Kier molecular flexibility index (Phi) is 5.60. The van der Waals surface area contributed by atoms with Crippen molar-refractivity contribution in [3.63, 3.8) is 0 Å². The predicted molar refractivity (Wildman–Crippen MR) is 80.4 cm³/mol. The number of carbonyl (C=O) groups excluding carboxylic acids is 1. The topological polar surface area (TPSA) is 29.1 Å². The van der Waals surface area contributed by atoms with Crippen LogP contribution in [0.5, 0.6) is 0 Å². The molecule has 1 N–H and O–H groups in total. The van der Waals surface area contributed by atoms with E-state index in [1.165, 1.54) is 0 Å². The van der Waals surface area contributed by atoms with Gasteiger partial charge in [-0.05, 0) is 12.0 Å². The van der Waals surface area contributed by atoms with Crippen LogP contribution in [0.25, 0.3) is 0 Å². The molecule has 1 rings (SSSR count). The largest absolute Gasteiger partial charge is 0.359 e. The Morgan fingerprint density at radius 1 is 1.22 bits per heavy atom. The van der Waals surface area contributed by atoms with E-state index >= 15 is 0 Å². The van der Waals surface area contributed by atoms with Gasteiger partial charge in [-0.2, -0.15) is 0 Å². The standard InChI is InChI=1S/C15H25NOSi/c1-5-9-14(13-10-7-6-8-11-13)15(17)16-12-18(2,3)4/h6-8,10-11,14H,5,9,12H2,1-4H3,(H,16,17). The lowest BCUT2D eigenvalue weighted by molar-refractivity contribution is -0.122. The Morgan fingerprint density at radius 3 is 2.33 bits per heavy atom. The molecule has 0 spiro atoms. The van der Waals surface area contributed by atoms with Crippen molar-refractivity contribution in [1.82, 2.24) is 5.32 Å². The maximum absolute atomic E-state index is 12.3. The summed E-state index contributed by atoms with van der Waals surface area (Å²) in [7, 11) is -1.22. The Hall–Kier alpha value is -1.09. The van der Waals surface area contributed by atoms with Crippen molar-refractivity contribution < 1.29 is 4.79 Å². The van der Waals surface area contributed by atoms with E-state index in [9.17, 15) is 4.79 Å². The molecule has 100 valence electrons. The summed E-state index contributed by atoms with van der Waals surface area (Å²) in [5.41, 5.74) is 1.13. The van der Waals surface area contributed by atoms with Crippen LogP contribution < -0.4 is 5.32 Å². The van der Waals surface area contributed by atoms with Gasteiger partial charge in [-0.25, -0.2) is 0 Å². The number of amides is 1. The molecule has 0 aromatic heterocycles. The van der Waals surface area contributed by atoms with Crippen LogP contribution in [-0.4, -0.2) is 20.1 Å². The summed E-state index contributed by atoms with van der Waals surface area (Å²) in [6.45, 7) is 8.93. The van der Waals surface area contributed by atoms with Gasteiger partial charge in [0.1, 0.15) is 0 Å². The molecule has 0 aliphatic rings. The first kappa shape index (κ1) is 15.0. The zero-order valence-electron chi connectivity index (χ0n) is 12.0. The highest BCUT2D eigenvalue weighted by Gasteiger charge is 2.21. The third-order valence-electron chi connectivity index (χ3n) is 2.89. The number of hydrogen-bond acceptors (Lipinski definition) is 1. The minimum Gasteiger partial charge on any atom is -0.359 e. The molecular formula is C15H25NOSi. The van der Waals surface area contributed by atoms with Gasteiger partial charge in [0.2, 0.25) is 5.91 Å². The fraction of sp³-hybridized carbons (Fsp3) is 0.533. The Balaban J connectivity index is 2.70. The number of hydrogen-bond donors (Lipinski definition) is 1.